The van der Waals surface area contributed by atoms with Gasteiger partial charge in [0.25, 0.3) is 0 Å². The molecule has 64 valence electrons. The van der Waals surface area contributed by atoms with E-state index in [-0.39, 0.29) is 6.17 Å². The van der Waals surface area contributed by atoms with Crippen molar-refractivity contribution in [2.24, 2.45) is 0 Å². The molecule has 1 heterocycles. The molecule has 1 atom stereocenters. The van der Waals surface area contributed by atoms with E-state index in [2.05, 4.69) is 16.2 Å². The summed E-state index contributed by atoms with van der Waals surface area (Å²) in [4.78, 5) is 0. The first kappa shape index (κ1) is 8.45. The third kappa shape index (κ3) is 2.83. The number of rotatable bonds is 2. The Bertz CT molecular complexity index is 148. The molecule has 5 heteroatoms. The standard InChI is InChI=1S/C6H13FN4/c1-5(2)9-6-3-4-8-11(7)10-6/h3-6,8-10H,1-2H3. The summed E-state index contributed by atoms with van der Waals surface area (Å²) in [5, 5.41) is 3.41. The van der Waals surface area contributed by atoms with Crippen molar-refractivity contribution in [3.8, 4) is 0 Å². The molecule has 0 spiro atoms. The first-order chi connectivity index (χ1) is 5.18. The molecule has 0 bridgehead atoms. The predicted molar refractivity (Wildman–Crippen MR) is 40.4 cm³/mol. The second-order valence-electron chi connectivity index (χ2n) is 2.70. The summed E-state index contributed by atoms with van der Waals surface area (Å²) >= 11 is 0. The maximum atomic E-state index is 12.4. The second-order valence-corrected chi connectivity index (χ2v) is 2.70. The summed E-state index contributed by atoms with van der Waals surface area (Å²) in [6.07, 6.45) is 3.20. The van der Waals surface area contributed by atoms with Gasteiger partial charge in [0, 0.05) is 17.6 Å². The van der Waals surface area contributed by atoms with Crippen LogP contribution < -0.4 is 16.2 Å². The minimum atomic E-state index is -0.138. The molecule has 4 nitrogen and oxygen atoms in total. The normalized spacial score (nSPS) is 25.6. The first-order valence-corrected chi connectivity index (χ1v) is 3.59. The van der Waals surface area contributed by atoms with Gasteiger partial charge in [-0.1, -0.05) is 4.48 Å². The van der Waals surface area contributed by atoms with Gasteiger partial charge in [-0.05, 0) is 19.9 Å². The molecule has 0 radical (unpaired) electrons. The first-order valence-electron chi connectivity index (χ1n) is 3.59. The lowest BCUT2D eigenvalue weighted by atomic mass is 10.3. The van der Waals surface area contributed by atoms with Gasteiger partial charge >= 0.3 is 0 Å². The van der Waals surface area contributed by atoms with Gasteiger partial charge in [0.1, 0.15) is 0 Å². The maximum absolute atomic E-state index is 12.4. The molecule has 0 aliphatic carbocycles. The van der Waals surface area contributed by atoms with Crippen LogP contribution in [0.1, 0.15) is 13.8 Å². The highest BCUT2D eigenvalue weighted by atomic mass is 19.2. The Hall–Kier alpha value is -0.650. The minimum absolute atomic E-state index is 0.138. The van der Waals surface area contributed by atoms with Gasteiger partial charge in [-0.3, -0.25) is 10.7 Å². The smallest absolute Gasteiger partial charge is 0.0958 e. The SMILES string of the molecule is CC(C)NC1C=CNN(F)N1. The number of hydrogen-bond donors (Lipinski definition) is 3. The van der Waals surface area contributed by atoms with Crippen LogP contribution in [0.3, 0.4) is 0 Å². The Morgan fingerprint density at radius 1 is 1.64 bits per heavy atom. The van der Waals surface area contributed by atoms with Gasteiger partial charge in [-0.25, -0.2) is 0 Å². The van der Waals surface area contributed by atoms with E-state index in [0.29, 0.717) is 11.4 Å². The van der Waals surface area contributed by atoms with Gasteiger partial charge in [0.15, 0.2) is 0 Å². The fourth-order valence-electron chi connectivity index (χ4n) is 0.859. The third-order valence-electron chi connectivity index (χ3n) is 1.24. The van der Waals surface area contributed by atoms with E-state index in [9.17, 15) is 4.48 Å². The van der Waals surface area contributed by atoms with Crippen molar-refractivity contribution in [3.63, 3.8) is 0 Å². The number of hydrazine groups is 2. The maximum Gasteiger partial charge on any atom is 0.0958 e. The van der Waals surface area contributed by atoms with Crippen LogP contribution >= 0.6 is 0 Å². The van der Waals surface area contributed by atoms with Crippen LogP contribution in [-0.2, 0) is 0 Å². The van der Waals surface area contributed by atoms with Crippen LogP contribution in [0.15, 0.2) is 12.3 Å². The molecule has 0 aromatic carbocycles. The molecule has 0 aromatic heterocycles. The van der Waals surface area contributed by atoms with Gasteiger partial charge < -0.3 is 0 Å². The molecule has 1 unspecified atom stereocenters. The average molecular weight is 160 g/mol. The van der Waals surface area contributed by atoms with E-state index in [1.807, 2.05) is 13.8 Å². The molecule has 0 saturated carbocycles. The number of hydrogen-bond acceptors (Lipinski definition) is 4. The van der Waals surface area contributed by atoms with Crippen molar-refractivity contribution in [2.75, 3.05) is 0 Å². The van der Waals surface area contributed by atoms with Crippen molar-refractivity contribution in [1.29, 1.82) is 0 Å². The van der Waals surface area contributed by atoms with Gasteiger partial charge in [0.2, 0.25) is 0 Å². The van der Waals surface area contributed by atoms with E-state index in [0.717, 1.165) is 0 Å². The monoisotopic (exact) mass is 160 g/mol. The van der Waals surface area contributed by atoms with Crippen molar-refractivity contribution < 1.29 is 4.48 Å². The minimum Gasteiger partial charge on any atom is -0.295 e. The van der Waals surface area contributed by atoms with Crippen LogP contribution in [0, 0.1) is 0 Å². The number of nitrogens with zero attached hydrogens (tertiary/aromatic N) is 1. The molecule has 0 amide bonds. The Labute approximate surface area is 65.3 Å². The van der Waals surface area contributed by atoms with Crippen LogP contribution in [-0.4, -0.2) is 17.5 Å². The molecule has 1 aliphatic heterocycles. The van der Waals surface area contributed by atoms with Crippen molar-refractivity contribution in [1.82, 2.24) is 21.5 Å². The number of nitrogens with one attached hydrogen (secondary N) is 3. The van der Waals surface area contributed by atoms with E-state index in [4.69, 9.17) is 0 Å². The highest BCUT2D eigenvalue weighted by Gasteiger charge is 2.12. The number of halogens is 1. The molecule has 3 N–H and O–H groups in total. The third-order valence-corrected chi connectivity index (χ3v) is 1.24. The Morgan fingerprint density at radius 2 is 2.36 bits per heavy atom. The van der Waals surface area contributed by atoms with E-state index < -0.39 is 0 Å². The quantitative estimate of drug-likeness (QED) is 0.498. The molecular weight excluding hydrogens is 147 g/mol. The fourth-order valence-corrected chi connectivity index (χ4v) is 0.859. The van der Waals surface area contributed by atoms with Crippen molar-refractivity contribution in [3.05, 3.63) is 12.3 Å². The zero-order valence-corrected chi connectivity index (χ0v) is 6.63. The molecule has 0 saturated heterocycles. The lowest BCUT2D eigenvalue weighted by molar-refractivity contribution is -0.0886. The Morgan fingerprint density at radius 3 is 2.91 bits per heavy atom. The van der Waals surface area contributed by atoms with Crippen LogP contribution in [0.25, 0.3) is 0 Å². The lowest BCUT2D eigenvalue weighted by Gasteiger charge is -2.25. The summed E-state index contributed by atoms with van der Waals surface area (Å²) in [5.41, 5.74) is 4.83. The molecule has 0 fully saturated rings. The summed E-state index contributed by atoms with van der Waals surface area (Å²) in [6.45, 7) is 4.00. The Kier molecular flexibility index (Phi) is 2.81. The highest BCUT2D eigenvalue weighted by molar-refractivity contribution is 4.91. The summed E-state index contributed by atoms with van der Waals surface area (Å²) in [7, 11) is 0. The Balaban J connectivity index is 2.34. The predicted octanol–water partition coefficient (Wildman–Crippen LogP) is 0.0335. The van der Waals surface area contributed by atoms with E-state index >= 15 is 0 Å². The zero-order valence-electron chi connectivity index (χ0n) is 6.63. The van der Waals surface area contributed by atoms with Gasteiger partial charge in [-0.2, -0.15) is 5.43 Å². The molecule has 1 rings (SSSR count). The molecule has 11 heavy (non-hydrogen) atoms. The average Bonchev–Trinajstić information content (AvgIpc) is 1.85. The van der Waals surface area contributed by atoms with Crippen LogP contribution in [0.2, 0.25) is 0 Å². The summed E-state index contributed by atoms with van der Waals surface area (Å²) in [6, 6.07) is 0.323. The molecular formula is C6H13FN4. The molecule has 1 aliphatic rings. The van der Waals surface area contributed by atoms with E-state index in [1.54, 1.807) is 6.08 Å². The van der Waals surface area contributed by atoms with Crippen molar-refractivity contribution >= 4 is 0 Å². The zero-order chi connectivity index (χ0) is 8.27. The fraction of sp³-hybridized carbons (Fsp3) is 0.667. The lowest BCUT2D eigenvalue weighted by Crippen LogP contribution is -2.55. The van der Waals surface area contributed by atoms with Crippen LogP contribution in [0.5, 0.6) is 0 Å². The summed E-state index contributed by atoms with van der Waals surface area (Å²) < 4.78 is 12.4. The van der Waals surface area contributed by atoms with Crippen LogP contribution in [0.4, 0.5) is 4.48 Å². The van der Waals surface area contributed by atoms with Gasteiger partial charge in [-0.15, -0.1) is 0 Å². The van der Waals surface area contributed by atoms with E-state index in [1.165, 1.54) is 6.20 Å². The van der Waals surface area contributed by atoms with Gasteiger partial charge in [0.05, 0.1) is 6.17 Å². The van der Waals surface area contributed by atoms with Crippen molar-refractivity contribution in [2.45, 2.75) is 26.1 Å². The summed E-state index contributed by atoms with van der Waals surface area (Å²) in [5.74, 6) is 0. The second kappa shape index (κ2) is 3.66. The molecule has 0 aromatic rings. The topological polar surface area (TPSA) is 39.3 Å². The highest BCUT2D eigenvalue weighted by Crippen LogP contribution is 1.92. The largest absolute Gasteiger partial charge is 0.295 e.